The normalized spacial score (nSPS) is 14.1. The van der Waals surface area contributed by atoms with Crippen molar-refractivity contribution in [3.8, 4) is 0 Å². The molecule has 2 aromatic rings. The molecular weight excluding hydrogens is 284 g/mol. The lowest BCUT2D eigenvalue weighted by Gasteiger charge is -2.15. The van der Waals surface area contributed by atoms with Crippen molar-refractivity contribution in [2.24, 2.45) is 0 Å². The van der Waals surface area contributed by atoms with Crippen molar-refractivity contribution < 1.29 is 8.42 Å². The van der Waals surface area contributed by atoms with E-state index >= 15 is 0 Å². The zero-order valence-corrected chi connectivity index (χ0v) is 12.9. The van der Waals surface area contributed by atoms with Gasteiger partial charge in [0.1, 0.15) is 0 Å². The second-order valence-electron chi connectivity index (χ2n) is 5.39. The summed E-state index contributed by atoms with van der Waals surface area (Å²) in [6.07, 6.45) is 1.01. The Morgan fingerprint density at radius 2 is 1.90 bits per heavy atom. The summed E-state index contributed by atoms with van der Waals surface area (Å²) in [7, 11) is -1.53. The number of benzene rings is 2. The minimum Gasteiger partial charge on any atom is -0.374 e. The lowest BCUT2D eigenvalue weighted by atomic mass is 10.1. The first-order chi connectivity index (χ1) is 9.97. The van der Waals surface area contributed by atoms with Crippen LogP contribution in [0.15, 0.2) is 47.4 Å². The predicted octanol–water partition coefficient (Wildman–Crippen LogP) is 2.79. The van der Waals surface area contributed by atoms with E-state index in [1.165, 1.54) is 5.56 Å². The summed E-state index contributed by atoms with van der Waals surface area (Å²) < 4.78 is 27.6. The average Bonchev–Trinajstić information content (AvgIpc) is 2.80. The molecule has 0 aromatic heterocycles. The molecule has 0 fully saturated rings. The van der Waals surface area contributed by atoms with E-state index in [1.807, 2.05) is 31.3 Å². The first kappa shape index (κ1) is 13.9. The van der Waals surface area contributed by atoms with E-state index in [1.54, 1.807) is 25.1 Å². The number of sulfonamides is 1. The molecule has 1 heterocycles. The molecule has 0 bridgehead atoms. The van der Waals surface area contributed by atoms with Crippen LogP contribution in [0.4, 0.5) is 11.4 Å². The molecule has 0 saturated heterocycles. The third-order valence-corrected chi connectivity index (χ3v) is 5.39. The van der Waals surface area contributed by atoms with Gasteiger partial charge in [-0.1, -0.05) is 24.3 Å². The van der Waals surface area contributed by atoms with Crippen LogP contribution in [0.2, 0.25) is 0 Å². The fourth-order valence-corrected chi connectivity index (χ4v) is 3.97. The summed E-state index contributed by atoms with van der Waals surface area (Å²) in [6, 6.07) is 12.7. The van der Waals surface area contributed by atoms with Crippen molar-refractivity contribution in [3.63, 3.8) is 0 Å². The summed E-state index contributed by atoms with van der Waals surface area (Å²) in [5, 5.41) is 0. The quantitative estimate of drug-likeness (QED) is 0.948. The molecular formula is C16H18N2O2S. The maximum absolute atomic E-state index is 12.5. The Hall–Kier alpha value is -2.01. The van der Waals surface area contributed by atoms with Crippen LogP contribution in [-0.4, -0.2) is 22.0 Å². The van der Waals surface area contributed by atoms with Crippen LogP contribution in [-0.2, 0) is 16.4 Å². The summed E-state index contributed by atoms with van der Waals surface area (Å²) in [6.45, 7) is 2.77. The third-order valence-electron chi connectivity index (χ3n) is 3.85. The second kappa shape index (κ2) is 5.07. The molecule has 0 saturated carbocycles. The Balaban J connectivity index is 1.94. The molecule has 0 atom stereocenters. The predicted molar refractivity (Wildman–Crippen MR) is 85.4 cm³/mol. The Labute approximate surface area is 125 Å². The largest absolute Gasteiger partial charge is 0.374 e. The molecule has 5 heteroatoms. The summed E-state index contributed by atoms with van der Waals surface area (Å²) in [5.74, 6) is 0. The standard InChI is InChI=1S/C16H18N2O2S/c1-12-5-3-4-6-16(12)21(19,20)17-14-8-7-13-9-10-18(2)15(13)11-14/h3-8,11,17H,9-10H2,1-2H3. The van der Waals surface area contributed by atoms with Gasteiger partial charge >= 0.3 is 0 Å². The SMILES string of the molecule is Cc1ccccc1S(=O)(=O)Nc1ccc2c(c1)N(C)CC2. The number of hydrogen-bond donors (Lipinski definition) is 1. The number of anilines is 2. The van der Waals surface area contributed by atoms with Crippen molar-refractivity contribution in [1.82, 2.24) is 0 Å². The Morgan fingerprint density at radius 3 is 2.67 bits per heavy atom. The zero-order chi connectivity index (χ0) is 15.0. The number of aryl methyl sites for hydroxylation is 1. The van der Waals surface area contributed by atoms with Crippen LogP contribution >= 0.6 is 0 Å². The van der Waals surface area contributed by atoms with Crippen LogP contribution in [0.3, 0.4) is 0 Å². The molecule has 1 N–H and O–H groups in total. The minimum absolute atomic E-state index is 0.318. The fourth-order valence-electron chi connectivity index (χ4n) is 2.67. The van der Waals surface area contributed by atoms with Crippen LogP contribution in [0.5, 0.6) is 0 Å². The van der Waals surface area contributed by atoms with Gasteiger partial charge in [-0.2, -0.15) is 0 Å². The van der Waals surface area contributed by atoms with Crippen molar-refractivity contribution in [1.29, 1.82) is 0 Å². The minimum atomic E-state index is -3.55. The second-order valence-corrected chi connectivity index (χ2v) is 7.04. The van der Waals surface area contributed by atoms with Gasteiger partial charge in [-0.05, 0) is 42.7 Å². The molecule has 0 spiro atoms. The van der Waals surface area contributed by atoms with E-state index in [-0.39, 0.29) is 0 Å². The first-order valence-electron chi connectivity index (χ1n) is 6.90. The van der Waals surface area contributed by atoms with Gasteiger partial charge in [0, 0.05) is 19.3 Å². The van der Waals surface area contributed by atoms with Gasteiger partial charge in [0.15, 0.2) is 0 Å². The van der Waals surface area contributed by atoms with E-state index < -0.39 is 10.0 Å². The monoisotopic (exact) mass is 302 g/mol. The van der Waals surface area contributed by atoms with Gasteiger partial charge in [-0.3, -0.25) is 4.72 Å². The molecule has 3 rings (SSSR count). The molecule has 2 aromatic carbocycles. The highest BCUT2D eigenvalue weighted by molar-refractivity contribution is 7.92. The third kappa shape index (κ3) is 2.61. The average molecular weight is 302 g/mol. The maximum Gasteiger partial charge on any atom is 0.262 e. The Morgan fingerprint density at radius 1 is 1.14 bits per heavy atom. The molecule has 1 aliphatic rings. The van der Waals surface area contributed by atoms with Crippen LogP contribution in [0.1, 0.15) is 11.1 Å². The topological polar surface area (TPSA) is 49.4 Å². The molecule has 4 nitrogen and oxygen atoms in total. The number of hydrogen-bond acceptors (Lipinski definition) is 3. The van der Waals surface area contributed by atoms with Gasteiger partial charge in [0.25, 0.3) is 10.0 Å². The van der Waals surface area contributed by atoms with Crippen LogP contribution in [0.25, 0.3) is 0 Å². The number of nitrogens with zero attached hydrogens (tertiary/aromatic N) is 1. The number of likely N-dealkylation sites (N-methyl/N-ethyl adjacent to an activating group) is 1. The van der Waals surface area contributed by atoms with E-state index in [2.05, 4.69) is 9.62 Å². The van der Waals surface area contributed by atoms with Gasteiger partial charge in [0.2, 0.25) is 0 Å². The van der Waals surface area contributed by atoms with E-state index in [0.29, 0.717) is 10.6 Å². The highest BCUT2D eigenvalue weighted by atomic mass is 32.2. The summed E-state index contributed by atoms with van der Waals surface area (Å²) in [4.78, 5) is 2.46. The Bertz CT molecular complexity index is 785. The van der Waals surface area contributed by atoms with Crippen molar-refractivity contribution in [3.05, 3.63) is 53.6 Å². The highest BCUT2D eigenvalue weighted by Gasteiger charge is 2.19. The smallest absolute Gasteiger partial charge is 0.262 e. The highest BCUT2D eigenvalue weighted by Crippen LogP contribution is 2.30. The summed E-state index contributed by atoms with van der Waals surface area (Å²) in [5.41, 5.74) is 3.70. The van der Waals surface area contributed by atoms with Crippen LogP contribution < -0.4 is 9.62 Å². The van der Waals surface area contributed by atoms with Gasteiger partial charge < -0.3 is 4.90 Å². The van der Waals surface area contributed by atoms with Crippen molar-refractivity contribution in [2.75, 3.05) is 23.2 Å². The lowest BCUT2D eigenvalue weighted by Crippen LogP contribution is -2.15. The molecule has 110 valence electrons. The first-order valence-corrected chi connectivity index (χ1v) is 8.38. The Kier molecular flexibility index (Phi) is 3.37. The molecule has 0 aliphatic carbocycles. The molecule has 0 amide bonds. The number of rotatable bonds is 3. The van der Waals surface area contributed by atoms with Gasteiger partial charge in [0.05, 0.1) is 10.6 Å². The van der Waals surface area contributed by atoms with Gasteiger partial charge in [-0.25, -0.2) is 8.42 Å². The van der Waals surface area contributed by atoms with Crippen LogP contribution in [0, 0.1) is 6.92 Å². The molecule has 0 unspecified atom stereocenters. The van der Waals surface area contributed by atoms with Crippen molar-refractivity contribution >= 4 is 21.4 Å². The maximum atomic E-state index is 12.5. The van der Waals surface area contributed by atoms with E-state index in [4.69, 9.17) is 0 Å². The zero-order valence-electron chi connectivity index (χ0n) is 12.1. The fraction of sp³-hybridized carbons (Fsp3) is 0.250. The molecule has 0 radical (unpaired) electrons. The molecule has 21 heavy (non-hydrogen) atoms. The molecule has 1 aliphatic heterocycles. The number of nitrogens with one attached hydrogen (secondary N) is 1. The van der Waals surface area contributed by atoms with E-state index in [9.17, 15) is 8.42 Å². The lowest BCUT2D eigenvalue weighted by molar-refractivity contribution is 0.600. The van der Waals surface area contributed by atoms with E-state index in [0.717, 1.165) is 24.2 Å². The number of fused-ring (bicyclic) bond motifs is 1. The summed E-state index contributed by atoms with van der Waals surface area (Å²) >= 11 is 0. The van der Waals surface area contributed by atoms with Gasteiger partial charge in [-0.15, -0.1) is 0 Å². The van der Waals surface area contributed by atoms with Crippen molar-refractivity contribution in [2.45, 2.75) is 18.2 Å².